The van der Waals surface area contributed by atoms with Gasteiger partial charge in [-0.2, -0.15) is 0 Å². The fourth-order valence-corrected chi connectivity index (χ4v) is 9.34. The molecular formula is C37H47N5O9S. The summed E-state index contributed by atoms with van der Waals surface area (Å²) < 4.78 is 39.9. The number of nitrogens with one attached hydrogen (secondary N) is 3. The Morgan fingerprint density at radius 2 is 1.92 bits per heavy atom. The van der Waals surface area contributed by atoms with E-state index >= 15 is 0 Å². The maximum Gasteiger partial charge on any atom is 0.405 e. The Morgan fingerprint density at radius 1 is 1.13 bits per heavy atom. The third kappa shape index (κ3) is 6.79. The van der Waals surface area contributed by atoms with Gasteiger partial charge in [-0.25, -0.2) is 18.2 Å². The Bertz CT molecular complexity index is 1930. The van der Waals surface area contributed by atoms with Gasteiger partial charge in [-0.05, 0) is 87.8 Å². The molecule has 4 heterocycles. The van der Waals surface area contributed by atoms with Crippen LogP contribution in [0.25, 0.3) is 10.8 Å². The fraction of sp³-hybridized carbons (Fsp3) is 0.595. The van der Waals surface area contributed by atoms with Crippen molar-refractivity contribution in [3.8, 4) is 11.6 Å². The molecule has 3 fully saturated rings. The van der Waals surface area contributed by atoms with E-state index in [2.05, 4.69) is 20.3 Å². The molecule has 7 atom stereocenters. The summed E-state index contributed by atoms with van der Waals surface area (Å²) in [5, 5.41) is 16.6. The van der Waals surface area contributed by atoms with Gasteiger partial charge in [0.15, 0.2) is 0 Å². The fourth-order valence-electron chi connectivity index (χ4n) is 8.03. The topological polar surface area (TPSA) is 193 Å². The average Bonchev–Trinajstić information content (AvgIpc) is 3.98. The molecule has 0 radical (unpaired) electrons. The number of allylic oxidation sites excluding steroid dienone is 1. The molecule has 4 amide bonds. The first-order valence-corrected chi connectivity index (χ1v) is 19.7. The van der Waals surface area contributed by atoms with E-state index in [1.807, 2.05) is 44.2 Å². The summed E-state index contributed by atoms with van der Waals surface area (Å²) in [6.07, 6.45) is 8.18. The Kier molecular flexibility index (Phi) is 9.37. The van der Waals surface area contributed by atoms with Crippen molar-refractivity contribution >= 4 is 44.6 Å². The van der Waals surface area contributed by atoms with Crippen molar-refractivity contribution in [2.75, 3.05) is 13.2 Å². The van der Waals surface area contributed by atoms with Gasteiger partial charge in [0.05, 0.1) is 17.9 Å². The quantitative estimate of drug-likeness (QED) is 0.319. The van der Waals surface area contributed by atoms with Gasteiger partial charge in [0, 0.05) is 29.3 Å². The number of benzene rings is 1. The van der Waals surface area contributed by atoms with E-state index in [1.54, 1.807) is 13.1 Å². The van der Waals surface area contributed by atoms with Gasteiger partial charge in [-0.15, -0.1) is 0 Å². The predicted octanol–water partition coefficient (Wildman–Crippen LogP) is 3.43. The number of sulfonamides is 1. The van der Waals surface area contributed by atoms with Crippen LogP contribution in [-0.2, 0) is 30.8 Å². The number of hydrogen-bond acceptors (Lipinski definition) is 9. The molecule has 2 aliphatic carbocycles. The molecule has 3 aliphatic heterocycles. The summed E-state index contributed by atoms with van der Waals surface area (Å²) >= 11 is 0. The van der Waals surface area contributed by atoms with Crippen molar-refractivity contribution in [2.24, 2.45) is 17.8 Å². The smallest absolute Gasteiger partial charge is 0.405 e. The Balaban J connectivity index is 1.21. The minimum atomic E-state index is -4.00. The lowest BCUT2D eigenvalue weighted by Gasteiger charge is -2.32. The highest BCUT2D eigenvalue weighted by molar-refractivity contribution is 7.91. The Labute approximate surface area is 303 Å². The van der Waals surface area contributed by atoms with E-state index in [9.17, 15) is 32.7 Å². The second-order valence-electron chi connectivity index (χ2n) is 15.6. The molecule has 2 saturated carbocycles. The summed E-state index contributed by atoms with van der Waals surface area (Å²) in [7, 11) is -4.00. The average molecular weight is 738 g/mol. The van der Waals surface area contributed by atoms with Crippen molar-refractivity contribution in [3.05, 3.63) is 42.1 Å². The Morgan fingerprint density at radius 3 is 2.67 bits per heavy atom. The van der Waals surface area contributed by atoms with Crippen molar-refractivity contribution in [2.45, 2.75) is 107 Å². The summed E-state index contributed by atoms with van der Waals surface area (Å²) in [6, 6.07) is 3.47. The van der Waals surface area contributed by atoms with E-state index < -0.39 is 74.1 Å². The first-order valence-electron chi connectivity index (χ1n) is 18.3. The van der Waals surface area contributed by atoms with E-state index in [0.29, 0.717) is 43.6 Å². The molecule has 7 rings (SSSR count). The lowest BCUT2D eigenvalue weighted by atomic mass is 9.88. The first kappa shape index (κ1) is 36.0. The predicted molar refractivity (Wildman–Crippen MR) is 190 cm³/mol. The molecule has 2 aromatic rings. The van der Waals surface area contributed by atoms with Crippen LogP contribution >= 0.6 is 0 Å². The number of aromatic nitrogens is 1. The standard InChI is InChI=1S/C37H47N5O9S/c1-21-7-4-5-9-24-19-37(24,34(45)41-52(48,49)36(3)13-14-36)40-31(43)28-18-25(20-42(28)33(44)29(22(2)17-21)39-35(46)47)51-32-27-11-10-23-8-6-16-50-30(23)26(27)12-15-38-32/h5,9-12,15,21-22,24-25,28-29,39H,4,6-8,13-14,16-20H2,1-3H3,(H,40,43)(H,41,45)(H,46,47)/b9-5-/t21-,22-,24-,25-,28+,29+,37-/m1/s1. The van der Waals surface area contributed by atoms with Crippen LogP contribution < -0.4 is 24.8 Å². The first-order chi connectivity index (χ1) is 24.7. The molecule has 4 N–H and O–H groups in total. The number of pyridine rings is 1. The van der Waals surface area contributed by atoms with Crippen LogP contribution in [0.1, 0.15) is 77.7 Å². The number of carbonyl (C=O) groups excluding carboxylic acids is 3. The summed E-state index contributed by atoms with van der Waals surface area (Å²) in [5.41, 5.74) is -0.441. The molecule has 14 nitrogen and oxygen atoms in total. The number of aryl methyl sites for hydroxylation is 1. The molecule has 1 aromatic carbocycles. The minimum Gasteiger partial charge on any atom is -0.493 e. The van der Waals surface area contributed by atoms with Crippen LogP contribution in [0.15, 0.2) is 36.5 Å². The molecular weight excluding hydrogens is 691 g/mol. The zero-order valence-electron chi connectivity index (χ0n) is 29.7. The molecule has 0 spiro atoms. The molecule has 1 aromatic heterocycles. The highest BCUT2D eigenvalue weighted by Crippen LogP contribution is 2.48. The number of carbonyl (C=O) groups is 4. The van der Waals surface area contributed by atoms with E-state index in [1.165, 1.54) is 4.90 Å². The van der Waals surface area contributed by atoms with Gasteiger partial charge in [-0.1, -0.05) is 32.1 Å². The summed E-state index contributed by atoms with van der Waals surface area (Å²) in [5.74, 6) is -1.68. The normalized spacial score (nSPS) is 32.0. The van der Waals surface area contributed by atoms with Crippen molar-refractivity contribution < 1.29 is 42.2 Å². The zero-order chi connectivity index (χ0) is 37.0. The highest BCUT2D eigenvalue weighted by Gasteiger charge is 2.63. The molecule has 0 bridgehead atoms. The highest BCUT2D eigenvalue weighted by atomic mass is 32.2. The van der Waals surface area contributed by atoms with Crippen molar-refractivity contribution in [1.29, 1.82) is 0 Å². The minimum absolute atomic E-state index is 0.0240. The summed E-state index contributed by atoms with van der Waals surface area (Å²) in [4.78, 5) is 60.4. The molecule has 1 saturated heterocycles. The third-order valence-corrected chi connectivity index (χ3v) is 13.7. The van der Waals surface area contributed by atoms with E-state index in [4.69, 9.17) is 9.47 Å². The van der Waals surface area contributed by atoms with Crippen molar-refractivity contribution in [1.82, 2.24) is 25.2 Å². The molecule has 52 heavy (non-hydrogen) atoms. The van der Waals surface area contributed by atoms with Gasteiger partial charge < -0.3 is 30.1 Å². The molecule has 280 valence electrons. The van der Waals surface area contributed by atoms with Gasteiger partial charge in [0.25, 0.3) is 5.91 Å². The lowest BCUT2D eigenvalue weighted by molar-refractivity contribution is -0.142. The van der Waals surface area contributed by atoms with Gasteiger partial charge in [-0.3, -0.25) is 19.1 Å². The number of amides is 4. The van der Waals surface area contributed by atoms with Crippen LogP contribution in [0.2, 0.25) is 0 Å². The van der Waals surface area contributed by atoms with Crippen molar-refractivity contribution in [3.63, 3.8) is 0 Å². The van der Waals surface area contributed by atoms with Gasteiger partial charge in [0.2, 0.25) is 27.7 Å². The van der Waals surface area contributed by atoms with Crippen LogP contribution in [0.3, 0.4) is 0 Å². The molecule has 0 unspecified atom stereocenters. The monoisotopic (exact) mass is 737 g/mol. The molecule has 5 aliphatic rings. The number of carboxylic acid groups (broad SMARTS) is 1. The second-order valence-corrected chi connectivity index (χ2v) is 17.8. The van der Waals surface area contributed by atoms with Crippen LogP contribution in [0.4, 0.5) is 4.79 Å². The maximum absolute atomic E-state index is 14.4. The zero-order valence-corrected chi connectivity index (χ0v) is 30.5. The van der Waals surface area contributed by atoms with E-state index in [0.717, 1.165) is 36.0 Å². The number of rotatable bonds is 6. The van der Waals surface area contributed by atoms with Crippen LogP contribution in [0.5, 0.6) is 11.6 Å². The second kappa shape index (κ2) is 13.5. The number of nitrogens with zero attached hydrogens (tertiary/aromatic N) is 2. The van der Waals surface area contributed by atoms with E-state index in [-0.39, 0.29) is 25.3 Å². The number of hydrogen-bond donors (Lipinski definition) is 4. The third-order valence-electron chi connectivity index (χ3n) is 11.6. The maximum atomic E-state index is 14.4. The van der Waals surface area contributed by atoms with Crippen LogP contribution in [0, 0.1) is 17.8 Å². The lowest BCUT2D eigenvalue weighted by Crippen LogP contribution is -2.59. The summed E-state index contributed by atoms with van der Waals surface area (Å²) in [6.45, 7) is 5.99. The molecule has 15 heteroatoms. The largest absolute Gasteiger partial charge is 0.493 e. The number of ether oxygens (including phenoxy) is 2. The Hall–Kier alpha value is -4.40. The van der Waals surface area contributed by atoms with Gasteiger partial charge >= 0.3 is 6.09 Å². The van der Waals surface area contributed by atoms with Crippen LogP contribution in [-0.4, -0.2) is 88.8 Å². The number of fused-ring (bicyclic) bond motifs is 5. The SMILES string of the molecule is C[C@@H]1CC/C=C\[C@@H]2C[C@@]2(C(=O)NS(=O)(=O)C2(C)CC2)NC(=O)[C@@H]2C[C@@H](Oc3nccc4c5c(ccc34)CCCO5)CN2C(=O)[C@@H](NC(=O)O)[C@H](C)C1. The van der Waals surface area contributed by atoms with Gasteiger partial charge in [0.1, 0.15) is 29.5 Å².